The molecule has 2 aliphatic rings. The molecule has 2 rings (SSSR count). The molecular formula is C14H23NO4. The van der Waals surface area contributed by atoms with E-state index >= 15 is 0 Å². The number of ether oxygens (including phenoxy) is 1. The van der Waals surface area contributed by atoms with Gasteiger partial charge in [0.2, 0.25) is 5.91 Å². The smallest absolute Gasteiger partial charge is 0.303 e. The maximum Gasteiger partial charge on any atom is 0.303 e. The summed E-state index contributed by atoms with van der Waals surface area (Å²) >= 11 is 0. The van der Waals surface area contributed by atoms with Gasteiger partial charge in [-0.3, -0.25) is 9.59 Å². The summed E-state index contributed by atoms with van der Waals surface area (Å²) in [6, 6.07) is 0. The van der Waals surface area contributed by atoms with Crippen molar-refractivity contribution in [2.75, 3.05) is 19.7 Å². The highest BCUT2D eigenvalue weighted by atomic mass is 16.5. The molecule has 2 fully saturated rings. The second-order valence-corrected chi connectivity index (χ2v) is 5.77. The fourth-order valence-electron chi connectivity index (χ4n) is 3.08. The van der Waals surface area contributed by atoms with Gasteiger partial charge in [0.15, 0.2) is 0 Å². The highest BCUT2D eigenvalue weighted by molar-refractivity contribution is 5.79. The monoisotopic (exact) mass is 269 g/mol. The van der Waals surface area contributed by atoms with Crippen LogP contribution in [0.1, 0.15) is 39.0 Å². The number of carbonyl (C=O) groups is 2. The van der Waals surface area contributed by atoms with Crippen LogP contribution in [0.3, 0.4) is 0 Å². The van der Waals surface area contributed by atoms with Crippen molar-refractivity contribution in [3.8, 4) is 0 Å². The molecule has 2 saturated heterocycles. The van der Waals surface area contributed by atoms with Crippen molar-refractivity contribution in [2.24, 2.45) is 11.8 Å². The fraction of sp³-hybridized carbons (Fsp3) is 0.857. The molecule has 0 aliphatic carbocycles. The van der Waals surface area contributed by atoms with Crippen molar-refractivity contribution >= 4 is 11.9 Å². The zero-order chi connectivity index (χ0) is 13.8. The molecular weight excluding hydrogens is 246 g/mol. The van der Waals surface area contributed by atoms with E-state index in [-0.39, 0.29) is 30.3 Å². The van der Waals surface area contributed by atoms with Crippen molar-refractivity contribution in [1.82, 2.24) is 4.90 Å². The first-order valence-electron chi connectivity index (χ1n) is 7.18. The van der Waals surface area contributed by atoms with Crippen LogP contribution < -0.4 is 0 Å². The van der Waals surface area contributed by atoms with Gasteiger partial charge < -0.3 is 14.7 Å². The lowest BCUT2D eigenvalue weighted by Crippen LogP contribution is -2.44. The van der Waals surface area contributed by atoms with E-state index in [4.69, 9.17) is 9.84 Å². The minimum absolute atomic E-state index is 0.0970. The SMILES string of the molecule is C[C@H]1C[C@H](C(=O)N2CCC(CC(=O)O)CC2)CCO1. The summed E-state index contributed by atoms with van der Waals surface area (Å²) in [6.07, 6.45) is 3.67. The summed E-state index contributed by atoms with van der Waals surface area (Å²) in [5, 5.41) is 8.78. The maximum absolute atomic E-state index is 12.4. The third kappa shape index (κ3) is 3.93. The van der Waals surface area contributed by atoms with Gasteiger partial charge in [-0.25, -0.2) is 0 Å². The first kappa shape index (κ1) is 14.3. The molecule has 2 heterocycles. The molecule has 2 aliphatic heterocycles. The lowest BCUT2D eigenvalue weighted by atomic mass is 9.90. The van der Waals surface area contributed by atoms with Crippen LogP contribution in [0.2, 0.25) is 0 Å². The molecule has 1 amide bonds. The van der Waals surface area contributed by atoms with Crippen molar-refractivity contribution in [2.45, 2.75) is 45.1 Å². The zero-order valence-corrected chi connectivity index (χ0v) is 11.5. The Morgan fingerprint density at radius 1 is 1.26 bits per heavy atom. The van der Waals surface area contributed by atoms with Gasteiger partial charge in [-0.15, -0.1) is 0 Å². The fourth-order valence-corrected chi connectivity index (χ4v) is 3.08. The van der Waals surface area contributed by atoms with Gasteiger partial charge in [0.1, 0.15) is 0 Å². The van der Waals surface area contributed by atoms with Crippen LogP contribution in [0, 0.1) is 11.8 Å². The van der Waals surface area contributed by atoms with Crippen LogP contribution in [0.5, 0.6) is 0 Å². The second-order valence-electron chi connectivity index (χ2n) is 5.77. The van der Waals surface area contributed by atoms with E-state index in [0.29, 0.717) is 19.7 Å². The van der Waals surface area contributed by atoms with Gasteiger partial charge in [0.25, 0.3) is 0 Å². The molecule has 108 valence electrons. The highest BCUT2D eigenvalue weighted by Crippen LogP contribution is 2.26. The summed E-state index contributed by atoms with van der Waals surface area (Å²) in [5.74, 6) is -0.165. The molecule has 0 unspecified atom stereocenters. The summed E-state index contributed by atoms with van der Waals surface area (Å²) in [6.45, 7) is 4.11. The van der Waals surface area contributed by atoms with E-state index in [9.17, 15) is 9.59 Å². The standard InChI is InChI=1S/C14H23NO4/c1-10-8-12(4-7-19-10)14(18)15-5-2-11(3-6-15)9-13(16)17/h10-12H,2-9H2,1H3,(H,16,17)/t10-,12+/m0/s1. The number of carboxylic acid groups (broad SMARTS) is 1. The molecule has 0 spiro atoms. The third-order valence-corrected chi connectivity index (χ3v) is 4.22. The predicted molar refractivity (Wildman–Crippen MR) is 69.7 cm³/mol. The zero-order valence-electron chi connectivity index (χ0n) is 11.5. The predicted octanol–water partition coefficient (Wildman–Crippen LogP) is 1.51. The van der Waals surface area contributed by atoms with Crippen molar-refractivity contribution in [3.05, 3.63) is 0 Å². The van der Waals surface area contributed by atoms with E-state index in [2.05, 4.69) is 0 Å². The molecule has 0 saturated carbocycles. The lowest BCUT2D eigenvalue weighted by molar-refractivity contribution is -0.142. The maximum atomic E-state index is 12.4. The van der Waals surface area contributed by atoms with Gasteiger partial charge in [-0.1, -0.05) is 0 Å². The largest absolute Gasteiger partial charge is 0.481 e. The van der Waals surface area contributed by atoms with E-state index < -0.39 is 5.97 Å². The first-order valence-corrected chi connectivity index (χ1v) is 7.18. The number of amides is 1. The van der Waals surface area contributed by atoms with Crippen LogP contribution in [0.25, 0.3) is 0 Å². The van der Waals surface area contributed by atoms with Crippen molar-refractivity contribution in [1.29, 1.82) is 0 Å². The number of nitrogens with zero attached hydrogens (tertiary/aromatic N) is 1. The molecule has 0 radical (unpaired) electrons. The van der Waals surface area contributed by atoms with Gasteiger partial charge in [0, 0.05) is 32.0 Å². The van der Waals surface area contributed by atoms with Crippen LogP contribution in [-0.2, 0) is 14.3 Å². The Balaban J connectivity index is 1.80. The van der Waals surface area contributed by atoms with Gasteiger partial charge in [-0.05, 0) is 38.5 Å². The number of likely N-dealkylation sites (tertiary alicyclic amines) is 1. The average molecular weight is 269 g/mol. The Labute approximate surface area is 113 Å². The molecule has 0 aromatic rings. The summed E-state index contributed by atoms with van der Waals surface area (Å²) in [5.41, 5.74) is 0. The molecule has 0 aromatic carbocycles. The minimum atomic E-state index is -0.733. The van der Waals surface area contributed by atoms with E-state index in [1.807, 2.05) is 11.8 Å². The number of hydrogen-bond acceptors (Lipinski definition) is 3. The Morgan fingerprint density at radius 2 is 1.95 bits per heavy atom. The topological polar surface area (TPSA) is 66.8 Å². The number of carbonyl (C=O) groups excluding carboxylic acids is 1. The van der Waals surface area contributed by atoms with E-state index in [0.717, 1.165) is 25.7 Å². The number of aliphatic carboxylic acids is 1. The molecule has 0 aromatic heterocycles. The van der Waals surface area contributed by atoms with E-state index in [1.165, 1.54) is 0 Å². The van der Waals surface area contributed by atoms with Gasteiger partial charge in [0.05, 0.1) is 6.10 Å². The van der Waals surface area contributed by atoms with Gasteiger partial charge in [-0.2, -0.15) is 0 Å². The van der Waals surface area contributed by atoms with Crippen LogP contribution >= 0.6 is 0 Å². The normalized spacial score (nSPS) is 29.2. The van der Waals surface area contributed by atoms with Crippen molar-refractivity contribution < 1.29 is 19.4 Å². The van der Waals surface area contributed by atoms with Crippen LogP contribution in [-0.4, -0.2) is 47.7 Å². The Morgan fingerprint density at radius 3 is 2.53 bits per heavy atom. The third-order valence-electron chi connectivity index (χ3n) is 4.22. The Kier molecular flexibility index (Phi) is 4.80. The van der Waals surface area contributed by atoms with Crippen LogP contribution in [0.4, 0.5) is 0 Å². The molecule has 5 heteroatoms. The number of hydrogen-bond donors (Lipinski definition) is 1. The molecule has 19 heavy (non-hydrogen) atoms. The van der Waals surface area contributed by atoms with Gasteiger partial charge >= 0.3 is 5.97 Å². The molecule has 0 bridgehead atoms. The first-order chi connectivity index (χ1) is 9.06. The second kappa shape index (κ2) is 6.37. The number of piperidine rings is 1. The summed E-state index contributed by atoms with van der Waals surface area (Å²) in [4.78, 5) is 25.0. The number of rotatable bonds is 3. The molecule has 2 atom stereocenters. The Hall–Kier alpha value is -1.10. The van der Waals surface area contributed by atoms with Crippen LogP contribution in [0.15, 0.2) is 0 Å². The molecule has 1 N–H and O–H groups in total. The Bertz CT molecular complexity index is 336. The van der Waals surface area contributed by atoms with Crippen molar-refractivity contribution in [3.63, 3.8) is 0 Å². The van der Waals surface area contributed by atoms with E-state index in [1.54, 1.807) is 0 Å². The average Bonchev–Trinajstić information content (AvgIpc) is 2.38. The summed E-state index contributed by atoms with van der Waals surface area (Å²) in [7, 11) is 0. The minimum Gasteiger partial charge on any atom is -0.481 e. The lowest BCUT2D eigenvalue weighted by Gasteiger charge is -2.35. The highest BCUT2D eigenvalue weighted by Gasteiger charge is 2.31. The molecule has 5 nitrogen and oxygen atoms in total. The quantitative estimate of drug-likeness (QED) is 0.843. The summed E-state index contributed by atoms with van der Waals surface area (Å²) < 4.78 is 5.47. The number of carboxylic acids is 1.